The van der Waals surface area contributed by atoms with Crippen molar-refractivity contribution >= 4 is 17.9 Å². The third-order valence-electron chi connectivity index (χ3n) is 13.6. The minimum atomic E-state index is -0.793. The minimum absolute atomic E-state index is 0.0878. The van der Waals surface area contributed by atoms with Crippen LogP contribution in [0.5, 0.6) is 0 Å². The van der Waals surface area contributed by atoms with Crippen LogP contribution < -0.4 is 0 Å². The Kier molecular flexibility index (Phi) is 59.8. The first-order valence-corrected chi connectivity index (χ1v) is 31.7. The summed E-state index contributed by atoms with van der Waals surface area (Å²) in [5.41, 5.74) is 0. The molecule has 1 atom stereocenters. The molecule has 6 heteroatoms. The van der Waals surface area contributed by atoms with Gasteiger partial charge in [0.15, 0.2) is 6.10 Å². The topological polar surface area (TPSA) is 78.9 Å². The Hall–Kier alpha value is -3.67. The fourth-order valence-electron chi connectivity index (χ4n) is 8.87. The highest BCUT2D eigenvalue weighted by atomic mass is 16.6. The molecule has 0 amide bonds. The number of ether oxygens (including phenoxy) is 3. The zero-order valence-corrected chi connectivity index (χ0v) is 49.3. The fourth-order valence-corrected chi connectivity index (χ4v) is 8.87. The third-order valence-corrected chi connectivity index (χ3v) is 13.6. The van der Waals surface area contributed by atoms with E-state index in [4.69, 9.17) is 14.2 Å². The Morgan fingerprint density at radius 1 is 0.280 bits per heavy atom. The van der Waals surface area contributed by atoms with Crippen LogP contribution >= 0.6 is 0 Å². The smallest absolute Gasteiger partial charge is 0.306 e. The summed E-state index contributed by atoms with van der Waals surface area (Å²) in [4.78, 5) is 38.2. The number of hydrogen-bond donors (Lipinski definition) is 0. The summed E-state index contributed by atoms with van der Waals surface area (Å²) in [7, 11) is 0. The van der Waals surface area contributed by atoms with Gasteiger partial charge in [-0.25, -0.2) is 0 Å². The normalized spacial score (nSPS) is 12.7. The largest absolute Gasteiger partial charge is 0.462 e. The van der Waals surface area contributed by atoms with E-state index in [0.717, 1.165) is 109 Å². The molecule has 0 radical (unpaired) electrons. The van der Waals surface area contributed by atoms with Crippen molar-refractivity contribution in [2.45, 2.75) is 309 Å². The van der Waals surface area contributed by atoms with Crippen molar-refractivity contribution in [2.24, 2.45) is 0 Å². The maximum absolute atomic E-state index is 12.9. The quantitative estimate of drug-likeness (QED) is 0.0261. The Bertz CT molecular complexity index is 1480. The average molecular weight is 1040 g/mol. The second kappa shape index (κ2) is 62.9. The molecule has 0 aromatic rings. The van der Waals surface area contributed by atoms with Crippen molar-refractivity contribution in [2.75, 3.05) is 13.2 Å². The van der Waals surface area contributed by atoms with Crippen molar-refractivity contribution in [3.8, 4) is 0 Å². The third kappa shape index (κ3) is 61.1. The van der Waals surface area contributed by atoms with Crippen LogP contribution in [0.3, 0.4) is 0 Å². The van der Waals surface area contributed by atoms with Gasteiger partial charge in [-0.2, -0.15) is 0 Å². The number of allylic oxidation sites excluding steroid dienone is 16. The van der Waals surface area contributed by atoms with E-state index in [0.29, 0.717) is 19.3 Å². The molecule has 430 valence electrons. The van der Waals surface area contributed by atoms with Crippen molar-refractivity contribution < 1.29 is 28.6 Å². The summed E-state index contributed by atoms with van der Waals surface area (Å²) >= 11 is 0. The molecule has 0 spiro atoms. The number of carbonyl (C=O) groups excluding carboxylic acids is 3. The zero-order chi connectivity index (χ0) is 54.3. The fraction of sp³-hybridized carbons (Fsp3) is 0.725. The van der Waals surface area contributed by atoms with Crippen LogP contribution in [0.25, 0.3) is 0 Å². The molecule has 0 fully saturated rings. The molecular formula is C69H118O6. The lowest BCUT2D eigenvalue weighted by Crippen LogP contribution is -2.30. The Morgan fingerprint density at radius 3 is 0.813 bits per heavy atom. The second-order valence-corrected chi connectivity index (χ2v) is 21.0. The highest BCUT2D eigenvalue weighted by Crippen LogP contribution is 2.17. The first kappa shape index (κ1) is 71.3. The van der Waals surface area contributed by atoms with E-state index in [1.807, 2.05) is 0 Å². The molecule has 0 aliphatic heterocycles. The summed E-state index contributed by atoms with van der Waals surface area (Å²) < 4.78 is 16.9. The van der Waals surface area contributed by atoms with E-state index in [1.54, 1.807) is 0 Å². The average Bonchev–Trinajstić information content (AvgIpc) is 3.41. The van der Waals surface area contributed by atoms with E-state index in [9.17, 15) is 14.4 Å². The molecule has 0 bridgehead atoms. The first-order chi connectivity index (χ1) is 37.0. The maximum atomic E-state index is 12.9. The van der Waals surface area contributed by atoms with Gasteiger partial charge < -0.3 is 14.2 Å². The van der Waals surface area contributed by atoms with Gasteiger partial charge in [0, 0.05) is 19.3 Å². The van der Waals surface area contributed by atoms with Gasteiger partial charge in [0.1, 0.15) is 13.2 Å². The molecule has 0 heterocycles. The van der Waals surface area contributed by atoms with Crippen LogP contribution in [0.4, 0.5) is 0 Å². The molecule has 0 aromatic heterocycles. The van der Waals surface area contributed by atoms with Crippen LogP contribution in [-0.4, -0.2) is 37.2 Å². The van der Waals surface area contributed by atoms with Crippen molar-refractivity contribution in [3.63, 3.8) is 0 Å². The number of rotatable bonds is 57. The molecule has 0 aliphatic rings. The number of hydrogen-bond acceptors (Lipinski definition) is 6. The lowest BCUT2D eigenvalue weighted by molar-refractivity contribution is -0.167. The van der Waals surface area contributed by atoms with Gasteiger partial charge >= 0.3 is 17.9 Å². The van der Waals surface area contributed by atoms with Crippen LogP contribution in [0.15, 0.2) is 97.2 Å². The highest BCUT2D eigenvalue weighted by molar-refractivity contribution is 5.71. The monoisotopic (exact) mass is 1040 g/mol. The molecule has 6 nitrogen and oxygen atoms in total. The van der Waals surface area contributed by atoms with E-state index < -0.39 is 6.10 Å². The molecule has 0 rings (SSSR count). The summed E-state index contributed by atoms with van der Waals surface area (Å²) in [5, 5.41) is 0. The van der Waals surface area contributed by atoms with Gasteiger partial charge in [-0.15, -0.1) is 0 Å². The Balaban J connectivity index is 4.34. The van der Waals surface area contributed by atoms with Crippen LogP contribution in [0, 0.1) is 0 Å². The predicted octanol–water partition coefficient (Wildman–Crippen LogP) is 21.7. The maximum Gasteiger partial charge on any atom is 0.306 e. The van der Waals surface area contributed by atoms with E-state index in [1.165, 1.54) is 154 Å². The lowest BCUT2D eigenvalue weighted by atomic mass is 10.0. The highest BCUT2D eigenvalue weighted by Gasteiger charge is 2.19. The molecule has 1 unspecified atom stereocenters. The molecule has 0 N–H and O–H groups in total. The number of carbonyl (C=O) groups is 3. The molecular weight excluding hydrogens is 925 g/mol. The van der Waals surface area contributed by atoms with Crippen LogP contribution in [0.1, 0.15) is 303 Å². The van der Waals surface area contributed by atoms with Gasteiger partial charge in [0.05, 0.1) is 0 Å². The van der Waals surface area contributed by atoms with Crippen molar-refractivity contribution in [3.05, 3.63) is 97.2 Å². The molecule has 0 aliphatic carbocycles. The summed E-state index contributed by atoms with van der Waals surface area (Å²) in [6.45, 7) is 6.51. The minimum Gasteiger partial charge on any atom is -0.462 e. The molecule has 0 saturated carbocycles. The van der Waals surface area contributed by atoms with Crippen LogP contribution in [-0.2, 0) is 28.6 Å². The SMILES string of the molecule is CC/C=C\C/C=C\C/C=C\C/C=C\C/C=C\C/C=C\C/C=C\C/C=C\CCCCC(=O)OCC(COC(=O)CCCCCCCCCCCC)OC(=O)CCCCCCCCCCCCCCCCCCCCCC. The number of esters is 3. The van der Waals surface area contributed by atoms with E-state index in [-0.39, 0.29) is 31.1 Å². The zero-order valence-electron chi connectivity index (χ0n) is 49.3. The standard InChI is InChI=1S/C69H118O6/c1-4-7-10-13-16-19-22-24-26-28-30-32-33-34-35-36-37-38-40-41-43-45-47-50-53-56-59-62-68(71)74-65-66(64-73-67(70)61-58-55-52-49-21-18-15-12-9-6-3)75-69(72)63-60-57-54-51-48-46-44-42-39-31-29-27-25-23-20-17-14-11-8-5-2/h7,10,16,19,24,26,30,32,34-35,37-38,41,43,47,50,66H,4-6,8-9,11-15,17-18,20-23,25,27-29,31,33,36,39-40,42,44-46,48-49,51-65H2,1-3H3/b10-7-,19-16-,26-24-,32-30-,35-34-,38-37-,43-41-,50-47-. The summed E-state index contributed by atoms with van der Waals surface area (Å²) in [5.74, 6) is -0.924. The van der Waals surface area contributed by atoms with Crippen molar-refractivity contribution in [1.29, 1.82) is 0 Å². The summed E-state index contributed by atoms with van der Waals surface area (Å²) in [6, 6.07) is 0. The van der Waals surface area contributed by atoms with Crippen LogP contribution in [0.2, 0.25) is 0 Å². The van der Waals surface area contributed by atoms with E-state index in [2.05, 4.69) is 118 Å². The Labute approximate surface area is 464 Å². The lowest BCUT2D eigenvalue weighted by Gasteiger charge is -2.18. The number of unbranched alkanes of at least 4 members (excludes halogenated alkanes) is 30. The molecule has 0 saturated heterocycles. The van der Waals surface area contributed by atoms with Gasteiger partial charge in [0.2, 0.25) is 0 Å². The Morgan fingerprint density at radius 2 is 0.520 bits per heavy atom. The van der Waals surface area contributed by atoms with Gasteiger partial charge in [-0.05, 0) is 83.5 Å². The predicted molar refractivity (Wildman–Crippen MR) is 325 cm³/mol. The summed E-state index contributed by atoms with van der Waals surface area (Å²) in [6.07, 6.45) is 84.2. The van der Waals surface area contributed by atoms with Crippen molar-refractivity contribution in [1.82, 2.24) is 0 Å². The van der Waals surface area contributed by atoms with E-state index >= 15 is 0 Å². The molecule has 75 heavy (non-hydrogen) atoms. The molecule has 0 aromatic carbocycles. The van der Waals surface area contributed by atoms with Gasteiger partial charge in [0.25, 0.3) is 0 Å². The van der Waals surface area contributed by atoms with Gasteiger partial charge in [-0.3, -0.25) is 14.4 Å². The first-order valence-electron chi connectivity index (χ1n) is 31.7. The van der Waals surface area contributed by atoms with Gasteiger partial charge in [-0.1, -0.05) is 298 Å². The second-order valence-electron chi connectivity index (χ2n) is 21.0.